The van der Waals surface area contributed by atoms with Crippen molar-refractivity contribution in [3.8, 4) is 17.2 Å². The summed E-state index contributed by atoms with van der Waals surface area (Å²) in [7, 11) is 0. The number of para-hydroxylation sites is 2. The quantitative estimate of drug-likeness (QED) is 0.207. The first-order valence-electron chi connectivity index (χ1n) is 13.7. The van der Waals surface area contributed by atoms with Gasteiger partial charge in [-0.2, -0.15) is 0 Å². The van der Waals surface area contributed by atoms with E-state index < -0.39 is 0 Å². The van der Waals surface area contributed by atoms with Crippen molar-refractivity contribution in [3.05, 3.63) is 115 Å². The fourth-order valence-electron chi connectivity index (χ4n) is 6.72. The van der Waals surface area contributed by atoms with Crippen molar-refractivity contribution >= 4 is 77.2 Å². The minimum absolute atomic E-state index is 0.648. The Kier molecular flexibility index (Phi) is 4.09. The highest BCUT2D eigenvalue weighted by molar-refractivity contribution is 7.99. The van der Waals surface area contributed by atoms with E-state index in [2.05, 4.69) is 114 Å². The predicted molar refractivity (Wildman–Crippen MR) is 168 cm³/mol. The highest BCUT2D eigenvalue weighted by Crippen LogP contribution is 2.48. The van der Waals surface area contributed by atoms with Crippen LogP contribution in [0.5, 0.6) is 0 Å². The molecular formula is C36H19N3OS. The Labute approximate surface area is 237 Å². The normalized spacial score (nSPS) is 12.8. The van der Waals surface area contributed by atoms with Gasteiger partial charge in [0.05, 0.1) is 16.7 Å². The maximum absolute atomic E-state index is 6.72. The lowest BCUT2D eigenvalue weighted by Gasteiger charge is -2.20. The molecule has 0 aliphatic carbocycles. The third-order valence-corrected chi connectivity index (χ3v) is 9.52. The van der Waals surface area contributed by atoms with E-state index in [4.69, 9.17) is 14.4 Å². The molecule has 0 unspecified atom stereocenters. The summed E-state index contributed by atoms with van der Waals surface area (Å²) >= 11 is 1.79. The molecule has 6 aromatic carbocycles. The van der Waals surface area contributed by atoms with Gasteiger partial charge in [0, 0.05) is 42.3 Å². The van der Waals surface area contributed by atoms with Gasteiger partial charge in [0.15, 0.2) is 5.58 Å². The van der Waals surface area contributed by atoms with Crippen LogP contribution in [0.1, 0.15) is 0 Å². The van der Waals surface area contributed by atoms with Crippen LogP contribution in [-0.4, -0.2) is 14.5 Å². The van der Waals surface area contributed by atoms with Crippen LogP contribution >= 0.6 is 11.8 Å². The third kappa shape index (κ3) is 2.76. The Morgan fingerprint density at radius 3 is 2.17 bits per heavy atom. The molecule has 1 aliphatic heterocycles. The molecule has 0 radical (unpaired) electrons. The average molecular weight is 542 g/mol. The largest absolute Gasteiger partial charge is 0.454 e. The molecule has 3 aromatic heterocycles. The van der Waals surface area contributed by atoms with E-state index in [-0.39, 0.29) is 0 Å². The minimum Gasteiger partial charge on any atom is -0.454 e. The molecule has 4 nitrogen and oxygen atoms in total. The Balaban J connectivity index is 1.46. The second kappa shape index (κ2) is 7.74. The first-order valence-corrected chi connectivity index (χ1v) is 14.5. The molecule has 41 heavy (non-hydrogen) atoms. The standard InChI is InChI=1S/C36H19N3OS/c1-2-11-21-20(10-1)30-22-12-3-6-16-26(22)39(34(30)35-31(21)23-13-4-7-17-27(23)40-35)36-37-25-15-9-19-29-32(25)33(38-36)24-14-5-8-18-28(24)41-29/h1-19H. The summed E-state index contributed by atoms with van der Waals surface area (Å²) < 4.78 is 8.93. The summed E-state index contributed by atoms with van der Waals surface area (Å²) in [4.78, 5) is 13.0. The van der Waals surface area contributed by atoms with E-state index in [0.29, 0.717) is 5.95 Å². The molecular weight excluding hydrogens is 522 g/mol. The van der Waals surface area contributed by atoms with Gasteiger partial charge in [-0.1, -0.05) is 96.7 Å². The SMILES string of the molecule is c1ccc2c(c1)Sc1cccc3nc(-n4c5ccccc5c5c6ccccc6c6c7ccccc7oc6c54)nc-2c13. The fourth-order valence-corrected chi connectivity index (χ4v) is 7.83. The molecule has 0 saturated carbocycles. The topological polar surface area (TPSA) is 43.9 Å². The van der Waals surface area contributed by atoms with Gasteiger partial charge in [0.2, 0.25) is 5.95 Å². The molecule has 190 valence electrons. The van der Waals surface area contributed by atoms with Gasteiger partial charge < -0.3 is 4.42 Å². The van der Waals surface area contributed by atoms with E-state index >= 15 is 0 Å². The van der Waals surface area contributed by atoms with Gasteiger partial charge >= 0.3 is 0 Å². The Morgan fingerprint density at radius 1 is 0.561 bits per heavy atom. The fraction of sp³-hybridized carbons (Fsp3) is 0. The summed E-state index contributed by atoms with van der Waals surface area (Å²) in [5.41, 5.74) is 6.85. The lowest BCUT2D eigenvalue weighted by atomic mass is 9.99. The zero-order chi connectivity index (χ0) is 26.7. The lowest BCUT2D eigenvalue weighted by Crippen LogP contribution is -2.05. The molecule has 10 rings (SSSR count). The molecule has 0 saturated heterocycles. The van der Waals surface area contributed by atoms with Crippen molar-refractivity contribution in [2.45, 2.75) is 9.79 Å². The van der Waals surface area contributed by atoms with Gasteiger partial charge in [-0.05, 0) is 41.1 Å². The number of furan rings is 1. The monoisotopic (exact) mass is 541 g/mol. The summed E-state index contributed by atoms with van der Waals surface area (Å²) in [5, 5.41) is 8.05. The summed E-state index contributed by atoms with van der Waals surface area (Å²) in [6.07, 6.45) is 0. The van der Waals surface area contributed by atoms with Crippen molar-refractivity contribution in [2.24, 2.45) is 0 Å². The molecule has 4 heterocycles. The van der Waals surface area contributed by atoms with Crippen molar-refractivity contribution in [3.63, 3.8) is 0 Å². The molecule has 5 heteroatoms. The van der Waals surface area contributed by atoms with E-state index in [1.807, 2.05) is 6.07 Å². The molecule has 0 bridgehead atoms. The summed E-state index contributed by atoms with van der Waals surface area (Å²) in [5.74, 6) is 0.648. The van der Waals surface area contributed by atoms with E-state index in [9.17, 15) is 0 Å². The van der Waals surface area contributed by atoms with Gasteiger partial charge in [-0.3, -0.25) is 4.57 Å². The Morgan fingerprint density at radius 2 is 1.27 bits per heavy atom. The summed E-state index contributed by atoms with van der Waals surface area (Å²) in [6, 6.07) is 40.4. The number of aromatic nitrogens is 3. The molecule has 0 fully saturated rings. The molecule has 0 N–H and O–H groups in total. The van der Waals surface area contributed by atoms with Gasteiger partial charge in [0.1, 0.15) is 11.1 Å². The maximum atomic E-state index is 6.72. The van der Waals surface area contributed by atoms with E-state index in [0.717, 1.165) is 65.9 Å². The molecule has 9 aromatic rings. The predicted octanol–water partition coefficient (Wildman–Crippen LogP) is 9.91. The molecule has 0 spiro atoms. The number of rotatable bonds is 1. The Hall–Kier alpha value is -5.13. The van der Waals surface area contributed by atoms with Crippen LogP contribution in [0, 0.1) is 0 Å². The molecule has 1 aliphatic rings. The number of benzene rings is 6. The number of nitrogens with zero attached hydrogens (tertiary/aromatic N) is 3. The van der Waals surface area contributed by atoms with Crippen LogP contribution in [0.15, 0.2) is 129 Å². The van der Waals surface area contributed by atoms with Gasteiger partial charge in [0.25, 0.3) is 0 Å². The van der Waals surface area contributed by atoms with Crippen LogP contribution < -0.4 is 0 Å². The van der Waals surface area contributed by atoms with E-state index in [1.165, 1.54) is 20.6 Å². The van der Waals surface area contributed by atoms with Crippen molar-refractivity contribution in [2.75, 3.05) is 0 Å². The van der Waals surface area contributed by atoms with Gasteiger partial charge in [-0.15, -0.1) is 0 Å². The van der Waals surface area contributed by atoms with Crippen LogP contribution in [0.4, 0.5) is 0 Å². The third-order valence-electron chi connectivity index (χ3n) is 8.39. The zero-order valence-corrected chi connectivity index (χ0v) is 22.4. The van der Waals surface area contributed by atoms with Crippen molar-refractivity contribution in [1.82, 2.24) is 14.5 Å². The lowest BCUT2D eigenvalue weighted by molar-refractivity contribution is 0.671. The molecule has 0 amide bonds. The second-order valence-corrected chi connectivity index (χ2v) is 11.6. The minimum atomic E-state index is 0.648. The Bertz CT molecular complexity index is 2580. The van der Waals surface area contributed by atoms with Crippen LogP contribution in [-0.2, 0) is 0 Å². The zero-order valence-electron chi connectivity index (χ0n) is 21.6. The highest BCUT2D eigenvalue weighted by Gasteiger charge is 2.26. The second-order valence-electron chi connectivity index (χ2n) is 10.5. The van der Waals surface area contributed by atoms with Crippen LogP contribution in [0.25, 0.3) is 82.6 Å². The average Bonchev–Trinajstić information content (AvgIpc) is 3.58. The number of hydrogen-bond donors (Lipinski definition) is 0. The maximum Gasteiger partial charge on any atom is 0.235 e. The highest BCUT2D eigenvalue weighted by atomic mass is 32.2. The smallest absolute Gasteiger partial charge is 0.235 e. The summed E-state index contributed by atoms with van der Waals surface area (Å²) in [6.45, 7) is 0. The van der Waals surface area contributed by atoms with Crippen LogP contribution in [0.3, 0.4) is 0 Å². The van der Waals surface area contributed by atoms with E-state index in [1.54, 1.807) is 11.8 Å². The number of fused-ring (bicyclic) bond motifs is 12. The first-order chi connectivity index (χ1) is 20.3. The van der Waals surface area contributed by atoms with Crippen molar-refractivity contribution in [1.29, 1.82) is 0 Å². The van der Waals surface area contributed by atoms with Crippen molar-refractivity contribution < 1.29 is 4.42 Å². The molecule has 0 atom stereocenters. The van der Waals surface area contributed by atoms with Crippen LogP contribution in [0.2, 0.25) is 0 Å². The number of hydrogen-bond acceptors (Lipinski definition) is 4. The van der Waals surface area contributed by atoms with Gasteiger partial charge in [-0.25, -0.2) is 9.97 Å². The first kappa shape index (κ1) is 21.7.